The van der Waals surface area contributed by atoms with E-state index in [1.54, 1.807) is 18.2 Å². The first-order valence-electron chi connectivity index (χ1n) is 9.43. The van der Waals surface area contributed by atoms with Gasteiger partial charge >= 0.3 is 5.97 Å². The second-order valence-corrected chi connectivity index (χ2v) is 6.53. The van der Waals surface area contributed by atoms with Crippen LogP contribution in [0.2, 0.25) is 0 Å². The molecule has 0 aliphatic rings. The molecule has 0 saturated carbocycles. The van der Waals surface area contributed by atoms with Crippen molar-refractivity contribution in [3.63, 3.8) is 0 Å². The van der Waals surface area contributed by atoms with Gasteiger partial charge in [-0.15, -0.1) is 0 Å². The Hall–Kier alpha value is -2.28. The predicted octanol–water partition coefficient (Wildman–Crippen LogP) is 3.29. The predicted molar refractivity (Wildman–Crippen MR) is 106 cm³/mol. The third-order valence-electron chi connectivity index (χ3n) is 4.56. The normalized spacial score (nSPS) is 12.9. The molecular formula is C20H32N2O5. The summed E-state index contributed by atoms with van der Waals surface area (Å²) in [6.45, 7) is 4.82. The summed E-state index contributed by atoms with van der Waals surface area (Å²) in [4.78, 5) is 23.9. The highest BCUT2D eigenvalue weighted by Crippen LogP contribution is 2.29. The summed E-state index contributed by atoms with van der Waals surface area (Å²) in [6, 6.07) is 4.10. The van der Waals surface area contributed by atoms with Crippen LogP contribution < -0.4 is 20.1 Å². The topological polar surface area (TPSA) is 96.9 Å². The second-order valence-electron chi connectivity index (χ2n) is 6.53. The lowest BCUT2D eigenvalue weighted by atomic mass is 9.99. The van der Waals surface area contributed by atoms with Gasteiger partial charge in [-0.2, -0.15) is 0 Å². The number of rotatable bonds is 13. The molecule has 0 saturated heterocycles. The molecule has 0 heterocycles. The largest absolute Gasteiger partial charge is 0.497 e. The van der Waals surface area contributed by atoms with Gasteiger partial charge < -0.3 is 25.2 Å². The number of hydrogen-bond donors (Lipinski definition) is 3. The van der Waals surface area contributed by atoms with Gasteiger partial charge in [0.25, 0.3) is 0 Å². The number of carbonyl (C=O) groups excluding carboxylic acids is 1. The van der Waals surface area contributed by atoms with E-state index in [9.17, 15) is 14.7 Å². The van der Waals surface area contributed by atoms with Gasteiger partial charge in [-0.25, -0.2) is 0 Å². The molecule has 7 nitrogen and oxygen atoms in total. The van der Waals surface area contributed by atoms with Gasteiger partial charge in [0.2, 0.25) is 5.91 Å². The molecule has 1 aromatic rings. The average Bonchev–Trinajstić information content (AvgIpc) is 2.66. The highest BCUT2D eigenvalue weighted by Gasteiger charge is 2.22. The van der Waals surface area contributed by atoms with E-state index >= 15 is 0 Å². The number of unbranched alkanes of at least 4 members (excludes halogenated alkanes) is 1. The zero-order valence-electron chi connectivity index (χ0n) is 16.7. The Labute approximate surface area is 161 Å². The molecule has 1 rings (SSSR count). The van der Waals surface area contributed by atoms with Crippen LogP contribution in [-0.4, -0.2) is 43.8 Å². The lowest BCUT2D eigenvalue weighted by molar-refractivity contribution is -0.141. The number of aliphatic carboxylic acids is 1. The van der Waals surface area contributed by atoms with Gasteiger partial charge in [-0.05, 0) is 31.0 Å². The Morgan fingerprint density at radius 2 is 1.93 bits per heavy atom. The fourth-order valence-electron chi connectivity index (χ4n) is 2.80. The maximum Gasteiger partial charge on any atom is 0.321 e. The van der Waals surface area contributed by atoms with Crippen molar-refractivity contribution in [2.75, 3.05) is 26.1 Å². The Morgan fingerprint density at radius 3 is 2.48 bits per heavy atom. The summed E-state index contributed by atoms with van der Waals surface area (Å²) in [7, 11) is 3.03. The van der Waals surface area contributed by atoms with Gasteiger partial charge in [0.1, 0.15) is 17.5 Å². The number of benzene rings is 1. The van der Waals surface area contributed by atoms with Gasteiger partial charge in [0.15, 0.2) is 0 Å². The number of methoxy groups -OCH3 is 2. The van der Waals surface area contributed by atoms with E-state index < -0.39 is 17.9 Å². The lowest BCUT2D eigenvalue weighted by Gasteiger charge is -2.20. The monoisotopic (exact) mass is 380 g/mol. The summed E-state index contributed by atoms with van der Waals surface area (Å²) in [5, 5.41) is 15.2. The van der Waals surface area contributed by atoms with E-state index in [0.29, 0.717) is 29.6 Å². The molecule has 1 amide bonds. The van der Waals surface area contributed by atoms with E-state index in [2.05, 4.69) is 24.5 Å². The third-order valence-corrected chi connectivity index (χ3v) is 4.56. The number of carboxylic acid groups (broad SMARTS) is 1. The van der Waals surface area contributed by atoms with Crippen molar-refractivity contribution in [2.45, 2.75) is 52.0 Å². The summed E-state index contributed by atoms with van der Waals surface area (Å²) in [6.07, 6.45) is 4.10. The Morgan fingerprint density at radius 1 is 1.19 bits per heavy atom. The van der Waals surface area contributed by atoms with E-state index in [0.717, 1.165) is 25.7 Å². The molecule has 1 aromatic carbocycles. The minimum absolute atomic E-state index is 0.167. The lowest BCUT2D eigenvalue weighted by Crippen LogP contribution is -2.42. The molecule has 2 unspecified atom stereocenters. The van der Waals surface area contributed by atoms with Crippen molar-refractivity contribution < 1.29 is 24.2 Å². The van der Waals surface area contributed by atoms with Crippen molar-refractivity contribution in [1.82, 2.24) is 5.32 Å². The number of anilines is 1. The van der Waals surface area contributed by atoms with Crippen molar-refractivity contribution in [3.8, 4) is 11.5 Å². The molecule has 7 heteroatoms. The quantitative estimate of drug-likeness (QED) is 0.486. The van der Waals surface area contributed by atoms with Crippen LogP contribution in [0, 0.1) is 5.92 Å². The van der Waals surface area contributed by atoms with Crippen molar-refractivity contribution in [1.29, 1.82) is 0 Å². The molecule has 0 aromatic heterocycles. The van der Waals surface area contributed by atoms with Crippen LogP contribution >= 0.6 is 0 Å². The van der Waals surface area contributed by atoms with Crippen LogP contribution in [0.15, 0.2) is 18.2 Å². The van der Waals surface area contributed by atoms with Gasteiger partial charge in [-0.3, -0.25) is 9.59 Å². The van der Waals surface area contributed by atoms with Gasteiger partial charge in [-0.1, -0.05) is 33.1 Å². The van der Waals surface area contributed by atoms with Crippen LogP contribution in [0.4, 0.5) is 5.69 Å². The van der Waals surface area contributed by atoms with Gasteiger partial charge in [0, 0.05) is 6.07 Å². The average molecular weight is 380 g/mol. The summed E-state index contributed by atoms with van der Waals surface area (Å²) >= 11 is 0. The summed E-state index contributed by atoms with van der Waals surface area (Å²) in [5.74, 6) is 0.0276. The number of carbonyl (C=O) groups is 2. The van der Waals surface area contributed by atoms with Crippen LogP contribution in [-0.2, 0) is 9.59 Å². The van der Waals surface area contributed by atoms with E-state index in [4.69, 9.17) is 9.47 Å². The molecule has 0 spiro atoms. The van der Waals surface area contributed by atoms with Crippen LogP contribution in [0.1, 0.15) is 46.0 Å². The zero-order chi connectivity index (χ0) is 20.2. The molecule has 0 aliphatic carbocycles. The Balaban J connectivity index is 2.69. The number of carboxylic acids is 1. The number of ether oxygens (including phenoxy) is 2. The van der Waals surface area contributed by atoms with Crippen LogP contribution in [0.25, 0.3) is 0 Å². The van der Waals surface area contributed by atoms with Gasteiger partial charge in [0.05, 0.1) is 26.3 Å². The zero-order valence-corrected chi connectivity index (χ0v) is 16.7. The first-order chi connectivity index (χ1) is 12.9. The minimum atomic E-state index is -1.03. The summed E-state index contributed by atoms with van der Waals surface area (Å²) < 4.78 is 10.4. The maximum atomic E-state index is 12.4. The number of amides is 1. The summed E-state index contributed by atoms with van der Waals surface area (Å²) in [5.41, 5.74) is 0.445. The van der Waals surface area contributed by atoms with Crippen molar-refractivity contribution >= 4 is 17.6 Å². The van der Waals surface area contributed by atoms with E-state index in [1.807, 2.05) is 0 Å². The Kier molecular flexibility index (Phi) is 10.3. The Bertz CT molecular complexity index is 606. The fourth-order valence-corrected chi connectivity index (χ4v) is 2.80. The molecule has 0 fully saturated rings. The maximum absolute atomic E-state index is 12.4. The highest BCUT2D eigenvalue weighted by atomic mass is 16.5. The molecule has 0 radical (unpaired) electrons. The van der Waals surface area contributed by atoms with E-state index in [1.165, 1.54) is 14.2 Å². The molecule has 152 valence electrons. The highest BCUT2D eigenvalue weighted by molar-refractivity contribution is 5.95. The number of hydrogen-bond acceptors (Lipinski definition) is 5. The van der Waals surface area contributed by atoms with Crippen molar-refractivity contribution in [3.05, 3.63) is 18.2 Å². The SMILES string of the molecule is CCCCC(CC)CNC(CC(=O)Nc1cc(OC)ccc1OC)C(=O)O. The molecule has 0 bridgehead atoms. The first kappa shape index (κ1) is 22.8. The fraction of sp³-hybridized carbons (Fsp3) is 0.600. The van der Waals surface area contributed by atoms with Crippen molar-refractivity contribution in [2.24, 2.45) is 5.92 Å². The molecular weight excluding hydrogens is 348 g/mol. The molecule has 3 N–H and O–H groups in total. The smallest absolute Gasteiger partial charge is 0.321 e. The van der Waals surface area contributed by atoms with Crippen LogP contribution in [0.3, 0.4) is 0 Å². The first-order valence-corrected chi connectivity index (χ1v) is 9.43. The number of nitrogens with one attached hydrogen (secondary N) is 2. The molecule has 2 atom stereocenters. The second kappa shape index (κ2) is 12.2. The van der Waals surface area contributed by atoms with Crippen LogP contribution in [0.5, 0.6) is 11.5 Å². The standard InChI is InChI=1S/C20H32N2O5/c1-5-7-8-14(6-2)13-21-17(20(24)25)12-19(23)22-16-11-15(26-3)9-10-18(16)27-4/h9-11,14,17,21H,5-8,12-13H2,1-4H3,(H,22,23)(H,24,25). The van der Waals surface area contributed by atoms with E-state index in [-0.39, 0.29) is 6.42 Å². The molecule has 27 heavy (non-hydrogen) atoms. The minimum Gasteiger partial charge on any atom is -0.497 e. The molecule has 0 aliphatic heterocycles. The third kappa shape index (κ3) is 7.86.